The molecular weight excluding hydrogens is 284 g/mol. The Kier molecular flexibility index (Phi) is 3.69. The number of aromatic nitrogens is 2. The number of aryl methyl sites for hydroxylation is 1. The molecule has 0 saturated carbocycles. The molecule has 0 amide bonds. The highest BCUT2D eigenvalue weighted by atomic mass is 19.4. The van der Waals surface area contributed by atoms with Gasteiger partial charge in [0.2, 0.25) is 0 Å². The summed E-state index contributed by atoms with van der Waals surface area (Å²) in [5, 5.41) is 3.97. The van der Waals surface area contributed by atoms with Crippen molar-refractivity contribution >= 4 is 12.6 Å². The van der Waals surface area contributed by atoms with Crippen molar-refractivity contribution < 1.29 is 22.5 Å². The van der Waals surface area contributed by atoms with Crippen LogP contribution in [-0.4, -0.2) is 34.3 Å². The maximum absolute atomic E-state index is 12.6. The zero-order valence-electron chi connectivity index (χ0n) is 13.1. The van der Waals surface area contributed by atoms with Gasteiger partial charge in [0.15, 0.2) is 0 Å². The van der Waals surface area contributed by atoms with Gasteiger partial charge in [-0.3, -0.25) is 4.68 Å². The summed E-state index contributed by atoms with van der Waals surface area (Å²) in [5.74, 6) is 0. The van der Waals surface area contributed by atoms with Crippen LogP contribution in [0.4, 0.5) is 13.2 Å². The van der Waals surface area contributed by atoms with E-state index in [4.69, 9.17) is 9.31 Å². The van der Waals surface area contributed by atoms with E-state index in [1.54, 1.807) is 13.8 Å². The third-order valence-electron chi connectivity index (χ3n) is 4.26. The zero-order valence-corrected chi connectivity index (χ0v) is 13.1. The summed E-state index contributed by atoms with van der Waals surface area (Å²) < 4.78 is 50.4. The Labute approximate surface area is 122 Å². The first-order chi connectivity index (χ1) is 9.34. The highest BCUT2D eigenvalue weighted by Crippen LogP contribution is 2.37. The fraction of sp³-hybridized carbons (Fsp3) is 0.769. The lowest BCUT2D eigenvalue weighted by Crippen LogP contribution is -2.41. The van der Waals surface area contributed by atoms with Crippen molar-refractivity contribution in [2.45, 2.75) is 65.5 Å². The predicted molar refractivity (Wildman–Crippen MR) is 73.5 cm³/mol. The normalized spacial score (nSPS) is 21.1. The van der Waals surface area contributed by atoms with E-state index in [0.29, 0.717) is 16.9 Å². The number of hydrogen-bond donors (Lipinski definition) is 0. The van der Waals surface area contributed by atoms with Gasteiger partial charge in [0.05, 0.1) is 16.9 Å². The van der Waals surface area contributed by atoms with Crippen LogP contribution in [0.15, 0.2) is 0 Å². The van der Waals surface area contributed by atoms with E-state index in [2.05, 4.69) is 5.10 Å². The lowest BCUT2D eigenvalue weighted by Gasteiger charge is -2.32. The van der Waals surface area contributed by atoms with E-state index in [1.165, 1.54) is 0 Å². The van der Waals surface area contributed by atoms with E-state index in [9.17, 15) is 13.2 Å². The van der Waals surface area contributed by atoms with E-state index < -0.39 is 31.0 Å². The van der Waals surface area contributed by atoms with E-state index in [0.717, 1.165) is 4.68 Å². The van der Waals surface area contributed by atoms with Gasteiger partial charge < -0.3 is 9.31 Å². The second kappa shape index (κ2) is 4.74. The van der Waals surface area contributed by atoms with E-state index in [1.807, 2.05) is 27.7 Å². The maximum Gasteiger partial charge on any atom is 0.498 e. The number of halogens is 3. The second-order valence-corrected chi connectivity index (χ2v) is 6.45. The smallest absolute Gasteiger partial charge is 0.399 e. The highest BCUT2D eigenvalue weighted by molar-refractivity contribution is 6.63. The molecule has 0 radical (unpaired) electrons. The summed E-state index contributed by atoms with van der Waals surface area (Å²) in [6.45, 7) is 9.76. The van der Waals surface area contributed by atoms with Crippen molar-refractivity contribution in [2.24, 2.45) is 0 Å². The van der Waals surface area contributed by atoms with Crippen LogP contribution in [0.1, 0.15) is 39.1 Å². The molecule has 0 atom stereocenters. The average molecular weight is 304 g/mol. The molecule has 0 spiro atoms. The van der Waals surface area contributed by atoms with Crippen LogP contribution in [0, 0.1) is 13.8 Å². The molecule has 1 saturated heterocycles. The van der Waals surface area contributed by atoms with Crippen molar-refractivity contribution in [3.63, 3.8) is 0 Å². The highest BCUT2D eigenvalue weighted by Gasteiger charge is 2.53. The molecule has 1 fully saturated rings. The van der Waals surface area contributed by atoms with Crippen LogP contribution in [0.5, 0.6) is 0 Å². The molecule has 1 aromatic heterocycles. The van der Waals surface area contributed by atoms with Crippen molar-refractivity contribution in [3.05, 3.63) is 11.4 Å². The molecule has 2 rings (SSSR count). The van der Waals surface area contributed by atoms with Crippen LogP contribution < -0.4 is 5.46 Å². The molecule has 1 aliphatic rings. The predicted octanol–water partition coefficient (Wildman–Crippen LogP) is 2.36. The molecule has 0 bridgehead atoms. The van der Waals surface area contributed by atoms with Crippen LogP contribution in [0.2, 0.25) is 0 Å². The third kappa shape index (κ3) is 2.96. The van der Waals surface area contributed by atoms with Crippen LogP contribution >= 0.6 is 0 Å². The summed E-state index contributed by atoms with van der Waals surface area (Å²) in [5.41, 5.74) is 0.419. The lowest BCUT2D eigenvalue weighted by molar-refractivity contribution is -0.142. The van der Waals surface area contributed by atoms with Crippen molar-refractivity contribution in [2.75, 3.05) is 0 Å². The summed E-state index contributed by atoms with van der Waals surface area (Å²) >= 11 is 0. The van der Waals surface area contributed by atoms with Crippen LogP contribution in [0.25, 0.3) is 0 Å². The monoisotopic (exact) mass is 304 g/mol. The average Bonchev–Trinajstić information content (AvgIpc) is 2.60. The molecule has 21 heavy (non-hydrogen) atoms. The number of rotatable bonds is 2. The van der Waals surface area contributed by atoms with E-state index >= 15 is 0 Å². The van der Waals surface area contributed by atoms with Crippen molar-refractivity contribution in [1.29, 1.82) is 0 Å². The Morgan fingerprint density at radius 3 is 2.00 bits per heavy atom. The Balaban J connectivity index is 2.35. The number of alkyl halides is 3. The second-order valence-electron chi connectivity index (χ2n) is 6.45. The first kappa shape index (κ1) is 16.4. The minimum Gasteiger partial charge on any atom is -0.399 e. The standard InChI is InChI=1S/C13H20BF3N2O2/c1-8-10(9(2)19(18-8)7-13(15,16)17)14-20-11(3,4)12(5,6)21-14/h7H2,1-6H3. The summed E-state index contributed by atoms with van der Waals surface area (Å²) in [6, 6.07) is 0. The van der Waals surface area contributed by atoms with Gasteiger partial charge in [-0.15, -0.1) is 0 Å². The fourth-order valence-electron chi connectivity index (χ4n) is 2.34. The van der Waals surface area contributed by atoms with Crippen LogP contribution in [-0.2, 0) is 15.9 Å². The van der Waals surface area contributed by atoms with Gasteiger partial charge in [-0.25, -0.2) is 0 Å². The van der Waals surface area contributed by atoms with Crippen molar-refractivity contribution in [1.82, 2.24) is 9.78 Å². The summed E-state index contributed by atoms with van der Waals surface area (Å²) in [7, 11) is -0.697. The third-order valence-corrected chi connectivity index (χ3v) is 4.26. The minimum atomic E-state index is -4.31. The first-order valence-corrected chi connectivity index (χ1v) is 6.80. The molecule has 8 heteroatoms. The lowest BCUT2D eigenvalue weighted by atomic mass is 9.77. The van der Waals surface area contributed by atoms with E-state index in [-0.39, 0.29) is 0 Å². The molecule has 118 valence electrons. The fourth-order valence-corrected chi connectivity index (χ4v) is 2.34. The number of hydrogen-bond acceptors (Lipinski definition) is 3. The summed E-state index contributed by atoms with van der Waals surface area (Å²) in [6.07, 6.45) is -4.31. The van der Waals surface area contributed by atoms with Gasteiger partial charge in [-0.1, -0.05) is 0 Å². The maximum atomic E-state index is 12.6. The van der Waals surface area contributed by atoms with Gasteiger partial charge in [0.1, 0.15) is 6.54 Å². The largest absolute Gasteiger partial charge is 0.498 e. The molecule has 4 nitrogen and oxygen atoms in total. The molecule has 0 aromatic carbocycles. The topological polar surface area (TPSA) is 36.3 Å². The summed E-state index contributed by atoms with van der Waals surface area (Å²) in [4.78, 5) is 0. The van der Waals surface area contributed by atoms with Crippen molar-refractivity contribution in [3.8, 4) is 0 Å². The van der Waals surface area contributed by atoms with Gasteiger partial charge >= 0.3 is 13.3 Å². The zero-order chi connectivity index (χ0) is 16.2. The molecule has 1 aromatic rings. The molecule has 2 heterocycles. The van der Waals surface area contributed by atoms with Crippen LogP contribution in [0.3, 0.4) is 0 Å². The molecular formula is C13H20BF3N2O2. The Morgan fingerprint density at radius 2 is 1.57 bits per heavy atom. The Hall–Kier alpha value is -1.02. The Morgan fingerprint density at radius 1 is 1.10 bits per heavy atom. The molecule has 0 N–H and O–H groups in total. The van der Waals surface area contributed by atoms with Gasteiger partial charge in [0.25, 0.3) is 0 Å². The number of nitrogens with zero attached hydrogens (tertiary/aromatic N) is 2. The minimum absolute atomic E-state index is 0.420. The molecule has 0 unspecified atom stereocenters. The quantitative estimate of drug-likeness (QED) is 0.787. The van der Waals surface area contributed by atoms with Gasteiger partial charge in [-0.05, 0) is 41.5 Å². The molecule has 1 aliphatic heterocycles. The van der Waals surface area contributed by atoms with Gasteiger partial charge in [0, 0.05) is 11.2 Å². The Bertz CT molecular complexity index is 536. The molecule has 0 aliphatic carbocycles. The van der Waals surface area contributed by atoms with Gasteiger partial charge in [-0.2, -0.15) is 18.3 Å². The first-order valence-electron chi connectivity index (χ1n) is 6.80. The SMILES string of the molecule is Cc1nn(CC(F)(F)F)c(C)c1B1OC(C)(C)C(C)(C)O1.